The summed E-state index contributed by atoms with van der Waals surface area (Å²) in [6.45, 7) is 1.97. The highest BCUT2D eigenvalue weighted by Gasteiger charge is 2.34. The van der Waals surface area contributed by atoms with E-state index in [0.29, 0.717) is 12.2 Å². The average Bonchev–Trinajstić information content (AvgIpc) is 2.93. The Kier molecular flexibility index (Phi) is 3.43. The van der Waals surface area contributed by atoms with Crippen LogP contribution in [0, 0.1) is 0 Å². The molecule has 0 saturated carbocycles. The van der Waals surface area contributed by atoms with Crippen LogP contribution in [0.3, 0.4) is 0 Å². The van der Waals surface area contributed by atoms with Gasteiger partial charge in [-0.05, 0) is 17.9 Å². The molecule has 0 aromatic carbocycles. The third kappa shape index (κ3) is 2.30. The zero-order chi connectivity index (χ0) is 15.0. The molecule has 4 N–H and O–H groups in total. The van der Waals surface area contributed by atoms with Gasteiger partial charge in [0.15, 0.2) is 0 Å². The van der Waals surface area contributed by atoms with Crippen LogP contribution in [0.1, 0.15) is 13.3 Å². The number of thiophene rings is 1. The maximum Gasteiger partial charge on any atom is 0.249 e. The minimum absolute atomic E-state index is 0.0796. The number of hydrogen-bond donors (Lipinski definition) is 3. The number of aromatic nitrogens is 2. The molecule has 1 aliphatic rings. The molecule has 1 unspecified atom stereocenters. The number of nitrogens with one attached hydrogen (secondary N) is 2. The number of hydrazine groups is 1. The highest BCUT2D eigenvalue weighted by molar-refractivity contribution is 7.16. The smallest absolute Gasteiger partial charge is 0.249 e. The van der Waals surface area contributed by atoms with Gasteiger partial charge in [0.2, 0.25) is 17.8 Å². The minimum Gasteiger partial charge on any atom is -0.335 e. The van der Waals surface area contributed by atoms with Gasteiger partial charge in [-0.25, -0.2) is 10.8 Å². The second-order valence-electron chi connectivity index (χ2n) is 4.62. The number of nitrogens with two attached hydrogens (primary N) is 1. The molecular weight excluding hydrogens is 292 g/mol. The minimum atomic E-state index is -0.439. The Morgan fingerprint density at radius 2 is 2.33 bits per heavy atom. The third-order valence-corrected chi connectivity index (χ3v) is 4.15. The van der Waals surface area contributed by atoms with Gasteiger partial charge >= 0.3 is 0 Å². The van der Waals surface area contributed by atoms with Crippen LogP contribution in [0.15, 0.2) is 11.4 Å². The first-order valence-electron chi connectivity index (χ1n) is 6.46. The molecule has 2 aromatic rings. The first-order chi connectivity index (χ1) is 10.1. The van der Waals surface area contributed by atoms with E-state index in [1.807, 2.05) is 18.4 Å². The van der Waals surface area contributed by atoms with Crippen LogP contribution in [0.25, 0.3) is 10.2 Å². The van der Waals surface area contributed by atoms with Gasteiger partial charge < -0.3 is 4.90 Å². The average molecular weight is 306 g/mol. The molecule has 0 radical (unpaired) electrons. The molecular formula is C12H14N6O2S. The lowest BCUT2D eigenvalue weighted by Gasteiger charge is -2.34. The summed E-state index contributed by atoms with van der Waals surface area (Å²) in [7, 11) is 0. The highest BCUT2D eigenvalue weighted by Crippen LogP contribution is 2.31. The van der Waals surface area contributed by atoms with E-state index >= 15 is 0 Å². The lowest BCUT2D eigenvalue weighted by atomic mass is 10.1. The molecule has 110 valence electrons. The van der Waals surface area contributed by atoms with E-state index in [9.17, 15) is 9.59 Å². The summed E-state index contributed by atoms with van der Waals surface area (Å²) in [6, 6.07) is 1.44. The van der Waals surface area contributed by atoms with Crippen molar-refractivity contribution in [3.05, 3.63) is 11.4 Å². The van der Waals surface area contributed by atoms with E-state index < -0.39 is 6.04 Å². The van der Waals surface area contributed by atoms with Gasteiger partial charge in [-0.15, -0.1) is 11.3 Å². The Labute approximate surface area is 124 Å². The molecule has 0 spiro atoms. The molecule has 3 heterocycles. The van der Waals surface area contributed by atoms with Gasteiger partial charge in [0.1, 0.15) is 16.7 Å². The standard InChI is InChI=1S/C12H14N6O2S/c1-2-7-10(20)14-8(19)5-18(7)9-6-3-4-21-11(6)16-12(15-9)17-13/h3-4,7H,2,5,13H2,1H3,(H,14,19,20)(H,15,16,17). The van der Waals surface area contributed by atoms with Crippen molar-refractivity contribution in [2.45, 2.75) is 19.4 Å². The van der Waals surface area contributed by atoms with E-state index in [1.54, 1.807) is 4.90 Å². The van der Waals surface area contributed by atoms with Crippen molar-refractivity contribution in [2.24, 2.45) is 5.84 Å². The Morgan fingerprint density at radius 1 is 1.52 bits per heavy atom. The molecule has 21 heavy (non-hydrogen) atoms. The van der Waals surface area contributed by atoms with Crippen LogP contribution < -0.4 is 21.5 Å². The van der Waals surface area contributed by atoms with Crippen LogP contribution in [0.5, 0.6) is 0 Å². The van der Waals surface area contributed by atoms with Crippen LogP contribution in [0.2, 0.25) is 0 Å². The second kappa shape index (κ2) is 5.26. The molecule has 0 bridgehead atoms. The van der Waals surface area contributed by atoms with Crippen molar-refractivity contribution in [3.8, 4) is 0 Å². The van der Waals surface area contributed by atoms with Gasteiger partial charge in [0.25, 0.3) is 0 Å². The Bertz CT molecular complexity index is 715. The SMILES string of the molecule is CCC1C(=O)NC(=O)CN1c1nc(NN)nc2sccc12. The monoisotopic (exact) mass is 306 g/mol. The molecule has 8 nitrogen and oxygen atoms in total. The molecule has 1 saturated heterocycles. The van der Waals surface area contributed by atoms with E-state index in [1.165, 1.54) is 11.3 Å². The van der Waals surface area contributed by atoms with E-state index in [2.05, 4.69) is 20.7 Å². The second-order valence-corrected chi connectivity index (χ2v) is 5.51. The Balaban J connectivity index is 2.14. The maximum atomic E-state index is 12.0. The largest absolute Gasteiger partial charge is 0.335 e. The van der Waals surface area contributed by atoms with Gasteiger partial charge in [-0.3, -0.25) is 20.3 Å². The molecule has 1 fully saturated rings. The molecule has 1 aliphatic heterocycles. The van der Waals surface area contributed by atoms with Crippen LogP contribution in [-0.4, -0.2) is 34.4 Å². The molecule has 0 aliphatic carbocycles. The van der Waals surface area contributed by atoms with Crippen molar-refractivity contribution in [2.75, 3.05) is 16.9 Å². The zero-order valence-corrected chi connectivity index (χ0v) is 12.1. The lowest BCUT2D eigenvalue weighted by molar-refractivity contribution is -0.132. The topological polar surface area (TPSA) is 113 Å². The van der Waals surface area contributed by atoms with Gasteiger partial charge in [-0.1, -0.05) is 6.92 Å². The van der Waals surface area contributed by atoms with Crippen LogP contribution in [0.4, 0.5) is 11.8 Å². The number of rotatable bonds is 3. The van der Waals surface area contributed by atoms with Crippen LogP contribution >= 0.6 is 11.3 Å². The molecule has 9 heteroatoms. The fourth-order valence-electron chi connectivity index (χ4n) is 2.42. The van der Waals surface area contributed by atoms with Gasteiger partial charge in [-0.2, -0.15) is 4.98 Å². The van der Waals surface area contributed by atoms with E-state index in [-0.39, 0.29) is 24.3 Å². The summed E-state index contributed by atoms with van der Waals surface area (Å²) in [5.41, 5.74) is 2.42. The summed E-state index contributed by atoms with van der Waals surface area (Å²) in [6.07, 6.45) is 0.570. The Morgan fingerprint density at radius 3 is 3.05 bits per heavy atom. The number of fused-ring (bicyclic) bond motifs is 1. The number of nitrogens with zero attached hydrogens (tertiary/aromatic N) is 3. The summed E-state index contributed by atoms with van der Waals surface area (Å²) < 4.78 is 0. The molecule has 1 atom stereocenters. The molecule has 2 amide bonds. The molecule has 3 rings (SSSR count). The normalized spacial score (nSPS) is 19.0. The van der Waals surface area contributed by atoms with Crippen LogP contribution in [-0.2, 0) is 9.59 Å². The Hall–Kier alpha value is -2.26. The van der Waals surface area contributed by atoms with E-state index in [0.717, 1.165) is 10.2 Å². The number of carbonyl (C=O) groups is 2. The quantitative estimate of drug-likeness (QED) is 0.422. The fourth-order valence-corrected chi connectivity index (χ4v) is 3.18. The molecule has 2 aromatic heterocycles. The number of imide groups is 1. The van der Waals surface area contributed by atoms with Crippen molar-refractivity contribution in [3.63, 3.8) is 0 Å². The summed E-state index contributed by atoms with van der Waals surface area (Å²) in [5.74, 6) is 5.55. The fraction of sp³-hybridized carbons (Fsp3) is 0.333. The first-order valence-corrected chi connectivity index (χ1v) is 7.34. The number of hydrogen-bond acceptors (Lipinski definition) is 8. The summed E-state index contributed by atoms with van der Waals surface area (Å²) in [4.78, 5) is 34.7. The van der Waals surface area contributed by atoms with E-state index in [4.69, 9.17) is 5.84 Å². The first kappa shape index (κ1) is 13.7. The van der Waals surface area contributed by atoms with Gasteiger partial charge in [0, 0.05) is 0 Å². The van der Waals surface area contributed by atoms with Crippen molar-refractivity contribution < 1.29 is 9.59 Å². The number of carbonyl (C=O) groups excluding carboxylic acids is 2. The van der Waals surface area contributed by atoms with Crippen molar-refractivity contribution in [1.29, 1.82) is 0 Å². The number of nitrogen functional groups attached to an aromatic ring is 1. The zero-order valence-electron chi connectivity index (χ0n) is 11.3. The predicted molar refractivity (Wildman–Crippen MR) is 79.8 cm³/mol. The lowest BCUT2D eigenvalue weighted by Crippen LogP contribution is -2.58. The van der Waals surface area contributed by atoms with Crippen molar-refractivity contribution in [1.82, 2.24) is 15.3 Å². The van der Waals surface area contributed by atoms with Crippen molar-refractivity contribution >= 4 is 45.1 Å². The highest BCUT2D eigenvalue weighted by atomic mass is 32.1. The summed E-state index contributed by atoms with van der Waals surface area (Å²) in [5, 5.41) is 5.04. The number of anilines is 2. The third-order valence-electron chi connectivity index (χ3n) is 3.35. The maximum absolute atomic E-state index is 12.0. The predicted octanol–water partition coefficient (Wildman–Crippen LogP) is 0.218. The van der Waals surface area contributed by atoms with Gasteiger partial charge in [0.05, 0.1) is 11.9 Å². The number of piperazine rings is 1. The summed E-state index contributed by atoms with van der Waals surface area (Å²) >= 11 is 1.45. The number of amides is 2.